The van der Waals surface area contributed by atoms with Crippen molar-refractivity contribution in [1.29, 1.82) is 0 Å². The lowest BCUT2D eigenvalue weighted by Crippen LogP contribution is -2.54. The third-order valence-corrected chi connectivity index (χ3v) is 6.51. The van der Waals surface area contributed by atoms with Crippen LogP contribution in [0.1, 0.15) is 63.9 Å². The zero-order chi connectivity index (χ0) is 20.4. The highest BCUT2D eigenvalue weighted by atomic mass is 16.5. The molecule has 0 bridgehead atoms. The molecule has 1 aromatic carbocycles. The molecule has 3 heterocycles. The maximum Gasteiger partial charge on any atom is 0.320 e. The van der Waals surface area contributed by atoms with Crippen LogP contribution in [0.2, 0.25) is 0 Å². The zero-order valence-electron chi connectivity index (χ0n) is 17.7. The molecule has 1 spiro atoms. The van der Waals surface area contributed by atoms with Crippen LogP contribution in [0.25, 0.3) is 0 Å². The van der Waals surface area contributed by atoms with Crippen LogP contribution in [0.15, 0.2) is 24.3 Å². The lowest BCUT2D eigenvalue weighted by Gasteiger charge is -2.47. The van der Waals surface area contributed by atoms with Gasteiger partial charge < -0.3 is 19.9 Å². The number of benzene rings is 1. The summed E-state index contributed by atoms with van der Waals surface area (Å²) in [5.74, 6) is 1.15. The molecule has 0 aliphatic carbocycles. The minimum Gasteiger partial charge on any atom is -0.487 e. The summed E-state index contributed by atoms with van der Waals surface area (Å²) in [5, 5.41) is 3.03. The number of hydrogen-bond acceptors (Lipinski definition) is 3. The molecule has 6 nitrogen and oxygen atoms in total. The van der Waals surface area contributed by atoms with Crippen molar-refractivity contribution in [2.24, 2.45) is 0 Å². The monoisotopic (exact) mass is 399 g/mol. The minimum atomic E-state index is -0.279. The van der Waals surface area contributed by atoms with E-state index in [9.17, 15) is 9.59 Å². The Balaban J connectivity index is 1.46. The van der Waals surface area contributed by atoms with E-state index in [1.165, 1.54) is 0 Å². The van der Waals surface area contributed by atoms with Crippen molar-refractivity contribution in [2.75, 3.05) is 26.2 Å². The van der Waals surface area contributed by atoms with Gasteiger partial charge in [-0.3, -0.25) is 4.79 Å². The van der Waals surface area contributed by atoms with E-state index in [4.69, 9.17) is 4.74 Å². The van der Waals surface area contributed by atoms with Crippen LogP contribution < -0.4 is 10.1 Å². The molecule has 2 fully saturated rings. The quantitative estimate of drug-likeness (QED) is 0.846. The van der Waals surface area contributed by atoms with Crippen molar-refractivity contribution in [2.45, 2.75) is 69.9 Å². The van der Waals surface area contributed by atoms with Gasteiger partial charge in [0.25, 0.3) is 0 Å². The third kappa shape index (κ3) is 4.36. The van der Waals surface area contributed by atoms with Gasteiger partial charge in [-0.15, -0.1) is 0 Å². The Hall–Kier alpha value is -2.24. The number of hydrogen-bond donors (Lipinski definition) is 1. The molecule has 1 N–H and O–H groups in total. The van der Waals surface area contributed by atoms with E-state index < -0.39 is 0 Å². The molecular weight excluding hydrogens is 366 g/mol. The summed E-state index contributed by atoms with van der Waals surface area (Å²) in [7, 11) is 0. The average Bonchev–Trinajstić information content (AvgIpc) is 3.22. The molecule has 1 aromatic rings. The van der Waals surface area contributed by atoms with E-state index >= 15 is 0 Å². The van der Waals surface area contributed by atoms with Crippen LogP contribution in [-0.2, 0) is 4.79 Å². The fraction of sp³-hybridized carbons (Fsp3) is 0.652. The summed E-state index contributed by atoms with van der Waals surface area (Å²) in [5.41, 5.74) is 0.853. The van der Waals surface area contributed by atoms with Gasteiger partial charge in [-0.1, -0.05) is 18.2 Å². The van der Waals surface area contributed by atoms with Gasteiger partial charge in [0, 0.05) is 57.4 Å². The van der Waals surface area contributed by atoms with Gasteiger partial charge in [-0.25, -0.2) is 4.79 Å². The minimum absolute atomic E-state index is 0.0958. The average molecular weight is 400 g/mol. The standard InChI is InChI=1S/C23H33N3O3/c1-17(2)24-21(27)15-18-16-23(29-20-8-4-3-7-19(18)20)9-13-26(14-10-23)22(28)25-11-5-6-12-25/h3-4,7-8,17-18H,5-6,9-16H2,1-2H3,(H,24,27). The Labute approximate surface area is 173 Å². The lowest BCUT2D eigenvalue weighted by atomic mass is 9.76. The number of fused-ring (bicyclic) bond motifs is 1. The van der Waals surface area contributed by atoms with Crippen LogP contribution in [-0.4, -0.2) is 59.6 Å². The number of nitrogens with one attached hydrogen (secondary N) is 1. The molecule has 3 aliphatic heterocycles. The van der Waals surface area contributed by atoms with Gasteiger partial charge in [0.2, 0.25) is 5.91 Å². The zero-order valence-corrected chi connectivity index (χ0v) is 17.7. The molecule has 158 valence electrons. The van der Waals surface area contributed by atoms with Crippen LogP contribution in [0, 0.1) is 0 Å². The summed E-state index contributed by atoms with van der Waals surface area (Å²) in [6, 6.07) is 8.44. The second-order valence-electron chi connectivity index (χ2n) is 9.11. The number of ether oxygens (including phenoxy) is 1. The lowest BCUT2D eigenvalue weighted by molar-refractivity contribution is -0.122. The predicted molar refractivity (Wildman–Crippen MR) is 112 cm³/mol. The van der Waals surface area contributed by atoms with Crippen molar-refractivity contribution >= 4 is 11.9 Å². The van der Waals surface area contributed by atoms with Crippen molar-refractivity contribution in [1.82, 2.24) is 15.1 Å². The topological polar surface area (TPSA) is 61.9 Å². The Morgan fingerprint density at radius 3 is 2.45 bits per heavy atom. The first-order chi connectivity index (χ1) is 14.0. The number of urea groups is 1. The SMILES string of the molecule is CC(C)NC(=O)CC1CC2(CCN(C(=O)N3CCCC3)CC2)Oc2ccccc21. The number of para-hydroxylation sites is 1. The van der Waals surface area contributed by atoms with Crippen molar-refractivity contribution in [3.63, 3.8) is 0 Å². The molecule has 0 aromatic heterocycles. The number of piperidine rings is 1. The van der Waals surface area contributed by atoms with Gasteiger partial charge in [0.1, 0.15) is 11.4 Å². The molecule has 3 aliphatic rings. The van der Waals surface area contributed by atoms with E-state index in [0.29, 0.717) is 6.42 Å². The van der Waals surface area contributed by atoms with Crippen LogP contribution >= 0.6 is 0 Å². The fourth-order valence-electron chi connectivity index (χ4n) is 5.05. The molecule has 4 rings (SSSR count). The Morgan fingerprint density at radius 1 is 1.10 bits per heavy atom. The summed E-state index contributed by atoms with van der Waals surface area (Å²) in [6.45, 7) is 7.20. The van der Waals surface area contributed by atoms with Crippen molar-refractivity contribution in [3.8, 4) is 5.75 Å². The smallest absolute Gasteiger partial charge is 0.320 e. The first-order valence-electron chi connectivity index (χ1n) is 11.1. The Bertz CT molecular complexity index is 749. The largest absolute Gasteiger partial charge is 0.487 e. The van der Waals surface area contributed by atoms with Crippen molar-refractivity contribution in [3.05, 3.63) is 29.8 Å². The summed E-state index contributed by atoms with van der Waals surface area (Å²) in [6.07, 6.45) is 5.19. The van der Waals surface area contributed by atoms with Gasteiger partial charge in [-0.05, 0) is 44.7 Å². The highest BCUT2D eigenvalue weighted by Gasteiger charge is 2.44. The number of nitrogens with zero attached hydrogens (tertiary/aromatic N) is 2. The molecule has 0 saturated carbocycles. The third-order valence-electron chi connectivity index (χ3n) is 6.51. The molecule has 1 atom stereocenters. The highest BCUT2D eigenvalue weighted by molar-refractivity contribution is 5.77. The van der Waals surface area contributed by atoms with Gasteiger partial charge >= 0.3 is 6.03 Å². The molecule has 3 amide bonds. The number of carbonyl (C=O) groups excluding carboxylic acids is 2. The Morgan fingerprint density at radius 2 is 1.76 bits per heavy atom. The number of carbonyl (C=O) groups is 2. The number of likely N-dealkylation sites (tertiary alicyclic amines) is 2. The fourth-order valence-corrected chi connectivity index (χ4v) is 5.05. The van der Waals surface area contributed by atoms with E-state index in [0.717, 1.165) is 69.6 Å². The molecule has 2 saturated heterocycles. The first kappa shape index (κ1) is 20.0. The normalized spacial score (nSPS) is 23.1. The molecule has 29 heavy (non-hydrogen) atoms. The van der Waals surface area contributed by atoms with E-state index in [1.807, 2.05) is 41.8 Å². The van der Waals surface area contributed by atoms with E-state index in [1.54, 1.807) is 0 Å². The number of rotatable bonds is 3. The molecule has 0 radical (unpaired) electrons. The van der Waals surface area contributed by atoms with Crippen molar-refractivity contribution < 1.29 is 14.3 Å². The molecule has 1 unspecified atom stereocenters. The van der Waals surface area contributed by atoms with Crippen LogP contribution in [0.5, 0.6) is 5.75 Å². The van der Waals surface area contributed by atoms with Gasteiger partial charge in [-0.2, -0.15) is 0 Å². The predicted octanol–water partition coefficient (Wildman–Crippen LogP) is 3.52. The first-order valence-corrected chi connectivity index (χ1v) is 11.1. The summed E-state index contributed by atoms with van der Waals surface area (Å²) < 4.78 is 6.52. The second-order valence-corrected chi connectivity index (χ2v) is 9.11. The molecule has 6 heteroatoms. The van der Waals surface area contributed by atoms with E-state index in [-0.39, 0.29) is 29.5 Å². The second kappa shape index (κ2) is 8.25. The van der Waals surface area contributed by atoms with Crippen LogP contribution in [0.4, 0.5) is 4.79 Å². The number of amides is 3. The Kier molecular flexibility index (Phi) is 5.70. The van der Waals surface area contributed by atoms with Crippen LogP contribution in [0.3, 0.4) is 0 Å². The van der Waals surface area contributed by atoms with Gasteiger partial charge in [0.15, 0.2) is 0 Å². The maximum atomic E-state index is 12.7. The van der Waals surface area contributed by atoms with E-state index in [2.05, 4.69) is 11.4 Å². The summed E-state index contributed by atoms with van der Waals surface area (Å²) >= 11 is 0. The maximum absolute atomic E-state index is 12.7. The highest BCUT2D eigenvalue weighted by Crippen LogP contribution is 2.46. The summed E-state index contributed by atoms with van der Waals surface area (Å²) in [4.78, 5) is 29.2. The molecular formula is C23H33N3O3. The van der Waals surface area contributed by atoms with Gasteiger partial charge in [0.05, 0.1) is 0 Å².